The lowest BCUT2D eigenvalue weighted by Crippen LogP contribution is -2.11. The van der Waals surface area contributed by atoms with Crippen LogP contribution in [-0.2, 0) is 5.75 Å². The number of aryl methyl sites for hydroxylation is 4. The van der Waals surface area contributed by atoms with E-state index in [4.69, 9.17) is 0 Å². The van der Waals surface area contributed by atoms with E-state index in [2.05, 4.69) is 19.9 Å². The van der Waals surface area contributed by atoms with Crippen LogP contribution < -0.4 is 5.56 Å². The summed E-state index contributed by atoms with van der Waals surface area (Å²) in [6, 6.07) is 0. The van der Waals surface area contributed by atoms with Gasteiger partial charge in [-0.15, -0.1) is 11.3 Å². The SMILES string of the molecule is Cc1nc(SCc2nc3sc(C)c(C)c3c(=O)[nH]2)nc(C)c1C. The molecule has 0 bridgehead atoms. The summed E-state index contributed by atoms with van der Waals surface area (Å²) in [5.74, 6) is 1.21. The van der Waals surface area contributed by atoms with Crippen LogP contribution in [0, 0.1) is 34.6 Å². The van der Waals surface area contributed by atoms with Gasteiger partial charge in [-0.1, -0.05) is 11.8 Å². The smallest absolute Gasteiger partial charge is 0.259 e. The molecule has 0 saturated heterocycles. The van der Waals surface area contributed by atoms with Crippen LogP contribution in [0.4, 0.5) is 0 Å². The van der Waals surface area contributed by atoms with Gasteiger partial charge < -0.3 is 4.98 Å². The van der Waals surface area contributed by atoms with Gasteiger partial charge in [-0.05, 0) is 45.7 Å². The molecule has 0 fully saturated rings. The van der Waals surface area contributed by atoms with Crippen molar-refractivity contribution in [3.05, 3.63) is 43.6 Å². The monoisotopic (exact) mass is 346 g/mol. The molecular weight excluding hydrogens is 328 g/mol. The lowest BCUT2D eigenvalue weighted by atomic mass is 10.2. The van der Waals surface area contributed by atoms with Gasteiger partial charge in [0.1, 0.15) is 10.7 Å². The third kappa shape index (κ3) is 3.03. The third-order valence-corrected chi connectivity index (χ3v) is 6.00. The van der Waals surface area contributed by atoms with Gasteiger partial charge in [0.25, 0.3) is 5.56 Å². The Morgan fingerprint density at radius 2 is 1.65 bits per heavy atom. The van der Waals surface area contributed by atoms with Crippen molar-refractivity contribution in [2.24, 2.45) is 0 Å². The summed E-state index contributed by atoms with van der Waals surface area (Å²) in [7, 11) is 0. The fourth-order valence-electron chi connectivity index (χ4n) is 2.31. The zero-order chi connectivity index (χ0) is 16.7. The second-order valence-corrected chi connectivity index (χ2v) is 7.71. The number of H-pyrrole nitrogens is 1. The number of fused-ring (bicyclic) bond motifs is 1. The quantitative estimate of drug-likeness (QED) is 0.579. The molecule has 7 heteroatoms. The van der Waals surface area contributed by atoms with Crippen molar-refractivity contribution in [2.75, 3.05) is 0 Å². The number of nitrogens with one attached hydrogen (secondary N) is 1. The lowest BCUT2D eigenvalue weighted by Gasteiger charge is -2.06. The maximum Gasteiger partial charge on any atom is 0.259 e. The molecule has 3 rings (SSSR count). The van der Waals surface area contributed by atoms with Crippen LogP contribution in [0.3, 0.4) is 0 Å². The fraction of sp³-hybridized carbons (Fsp3) is 0.375. The highest BCUT2D eigenvalue weighted by Gasteiger charge is 2.12. The Kier molecular flexibility index (Phi) is 4.25. The molecule has 0 radical (unpaired) electrons. The highest BCUT2D eigenvalue weighted by Crippen LogP contribution is 2.27. The molecule has 0 aromatic carbocycles. The van der Waals surface area contributed by atoms with Gasteiger partial charge in [0.2, 0.25) is 0 Å². The largest absolute Gasteiger partial charge is 0.309 e. The molecule has 5 nitrogen and oxygen atoms in total. The van der Waals surface area contributed by atoms with Gasteiger partial charge in [-0.25, -0.2) is 15.0 Å². The highest BCUT2D eigenvalue weighted by atomic mass is 32.2. The summed E-state index contributed by atoms with van der Waals surface area (Å²) in [4.78, 5) is 30.6. The molecule has 1 N–H and O–H groups in total. The highest BCUT2D eigenvalue weighted by molar-refractivity contribution is 7.98. The molecule has 0 atom stereocenters. The minimum absolute atomic E-state index is 0.0652. The van der Waals surface area contributed by atoms with Crippen LogP contribution in [0.1, 0.15) is 33.2 Å². The average Bonchev–Trinajstić information content (AvgIpc) is 2.77. The Hall–Kier alpha value is -1.73. The molecular formula is C16H18N4OS2. The Morgan fingerprint density at radius 1 is 1.00 bits per heavy atom. The number of rotatable bonds is 3. The summed E-state index contributed by atoms with van der Waals surface area (Å²) in [6.07, 6.45) is 0. The Balaban J connectivity index is 1.89. The van der Waals surface area contributed by atoms with Gasteiger partial charge in [0.15, 0.2) is 5.16 Å². The zero-order valence-corrected chi connectivity index (χ0v) is 15.4. The Morgan fingerprint density at radius 3 is 2.30 bits per heavy atom. The molecule has 3 heterocycles. The van der Waals surface area contributed by atoms with E-state index in [1.807, 2.05) is 34.6 Å². The minimum atomic E-state index is -0.0652. The first kappa shape index (κ1) is 16.1. The molecule has 0 amide bonds. The third-order valence-electron chi connectivity index (χ3n) is 4.04. The van der Waals surface area contributed by atoms with E-state index >= 15 is 0 Å². The zero-order valence-electron chi connectivity index (χ0n) is 13.8. The molecule has 23 heavy (non-hydrogen) atoms. The van der Waals surface area contributed by atoms with Crippen molar-refractivity contribution in [1.29, 1.82) is 0 Å². The van der Waals surface area contributed by atoms with E-state index in [9.17, 15) is 4.79 Å². The molecule has 0 unspecified atom stereocenters. The molecule has 0 spiro atoms. The number of aromatic nitrogens is 4. The summed E-state index contributed by atoms with van der Waals surface area (Å²) < 4.78 is 0. The number of nitrogens with zero attached hydrogens (tertiary/aromatic N) is 3. The van der Waals surface area contributed by atoms with Gasteiger partial charge in [0, 0.05) is 16.3 Å². The minimum Gasteiger partial charge on any atom is -0.309 e. The van der Waals surface area contributed by atoms with Gasteiger partial charge in [-0.2, -0.15) is 0 Å². The number of hydrogen-bond acceptors (Lipinski definition) is 6. The number of aromatic amines is 1. The van der Waals surface area contributed by atoms with E-state index in [1.165, 1.54) is 11.8 Å². The predicted octanol–water partition coefficient (Wildman–Crippen LogP) is 3.61. The van der Waals surface area contributed by atoms with E-state index in [0.29, 0.717) is 22.1 Å². The first-order valence-corrected chi connectivity index (χ1v) is 9.10. The van der Waals surface area contributed by atoms with Crippen molar-refractivity contribution >= 4 is 33.3 Å². The second-order valence-electron chi connectivity index (χ2n) is 5.57. The molecule has 120 valence electrons. The predicted molar refractivity (Wildman–Crippen MR) is 95.5 cm³/mol. The number of thiophene rings is 1. The van der Waals surface area contributed by atoms with Crippen molar-refractivity contribution in [3.63, 3.8) is 0 Å². The normalized spacial score (nSPS) is 11.3. The standard InChI is InChI=1S/C16H18N4OS2/c1-7-9(3)17-16(18-10(7)4)22-6-12-19-14(21)13-8(2)11(5)23-15(13)20-12/h6H2,1-5H3,(H,19,20,21). The Labute approximate surface area is 142 Å². The van der Waals surface area contributed by atoms with Crippen LogP contribution >= 0.6 is 23.1 Å². The van der Waals surface area contributed by atoms with E-state index in [-0.39, 0.29) is 5.56 Å². The summed E-state index contributed by atoms with van der Waals surface area (Å²) in [5, 5.41) is 1.42. The van der Waals surface area contributed by atoms with Crippen LogP contribution in [0.2, 0.25) is 0 Å². The van der Waals surface area contributed by atoms with Crippen molar-refractivity contribution in [2.45, 2.75) is 45.5 Å². The molecule has 0 aliphatic rings. The average molecular weight is 346 g/mol. The van der Waals surface area contributed by atoms with Gasteiger partial charge in [0.05, 0.1) is 11.1 Å². The second kappa shape index (κ2) is 6.05. The number of hydrogen-bond donors (Lipinski definition) is 1. The maximum atomic E-state index is 12.3. The fourth-order valence-corrected chi connectivity index (χ4v) is 4.16. The summed E-state index contributed by atoms with van der Waals surface area (Å²) in [5.41, 5.74) is 4.05. The molecule has 3 aromatic heterocycles. The van der Waals surface area contributed by atoms with Gasteiger partial charge >= 0.3 is 0 Å². The van der Waals surface area contributed by atoms with Gasteiger partial charge in [-0.3, -0.25) is 4.79 Å². The van der Waals surface area contributed by atoms with E-state index in [1.54, 1.807) is 11.3 Å². The molecule has 0 aliphatic carbocycles. The molecule has 0 aliphatic heterocycles. The maximum absolute atomic E-state index is 12.3. The van der Waals surface area contributed by atoms with E-state index in [0.717, 1.165) is 32.2 Å². The van der Waals surface area contributed by atoms with Crippen LogP contribution in [-0.4, -0.2) is 19.9 Å². The van der Waals surface area contributed by atoms with Crippen LogP contribution in [0.15, 0.2) is 9.95 Å². The number of thioether (sulfide) groups is 1. The first-order chi connectivity index (χ1) is 10.9. The van der Waals surface area contributed by atoms with Crippen LogP contribution in [0.25, 0.3) is 10.2 Å². The van der Waals surface area contributed by atoms with E-state index < -0.39 is 0 Å². The summed E-state index contributed by atoms with van der Waals surface area (Å²) in [6.45, 7) is 9.97. The molecule has 0 saturated carbocycles. The van der Waals surface area contributed by atoms with Crippen molar-refractivity contribution in [3.8, 4) is 0 Å². The summed E-state index contributed by atoms with van der Waals surface area (Å²) >= 11 is 3.05. The first-order valence-electron chi connectivity index (χ1n) is 7.30. The van der Waals surface area contributed by atoms with Crippen molar-refractivity contribution in [1.82, 2.24) is 19.9 Å². The topological polar surface area (TPSA) is 71.5 Å². The molecule has 3 aromatic rings. The van der Waals surface area contributed by atoms with Crippen molar-refractivity contribution < 1.29 is 0 Å². The van der Waals surface area contributed by atoms with Crippen LogP contribution in [0.5, 0.6) is 0 Å². The Bertz CT molecular complexity index is 936. The lowest BCUT2D eigenvalue weighted by molar-refractivity contribution is 0.878.